The van der Waals surface area contributed by atoms with Crippen LogP contribution >= 0.6 is 0 Å². The van der Waals surface area contributed by atoms with Crippen LogP contribution in [0.3, 0.4) is 0 Å². The van der Waals surface area contributed by atoms with E-state index in [1.54, 1.807) is 20.8 Å². The Labute approximate surface area is 105 Å². The Kier molecular flexibility index (Phi) is 4.28. The Morgan fingerprint density at radius 2 is 1.61 bits per heavy atom. The molecule has 0 fully saturated rings. The van der Waals surface area contributed by atoms with Gasteiger partial charge in [-0.3, -0.25) is 0 Å². The molecule has 0 heterocycles. The molecule has 0 saturated carbocycles. The molecule has 0 aliphatic rings. The lowest BCUT2D eigenvalue weighted by molar-refractivity contribution is 0.466. The van der Waals surface area contributed by atoms with Crippen LogP contribution in [-0.2, 0) is 10.0 Å². The van der Waals surface area contributed by atoms with Gasteiger partial charge in [-0.05, 0) is 25.0 Å². The maximum absolute atomic E-state index is 13.5. The van der Waals surface area contributed by atoms with E-state index >= 15 is 0 Å². The smallest absolute Gasteiger partial charge is 0.246 e. The highest BCUT2D eigenvalue weighted by molar-refractivity contribution is 7.89. The fourth-order valence-corrected chi connectivity index (χ4v) is 2.79. The topological polar surface area (TPSA) is 72.2 Å². The molecule has 0 amide bonds. The second-order valence-corrected chi connectivity index (χ2v) is 6.12. The molecule has 7 heteroatoms. The Hall–Kier alpha value is -1.21. The maximum Gasteiger partial charge on any atom is 0.246 e. The highest BCUT2D eigenvalue weighted by atomic mass is 32.2. The molecule has 1 aromatic rings. The zero-order chi connectivity index (χ0) is 14.1. The predicted molar refractivity (Wildman–Crippen MR) is 65.4 cm³/mol. The summed E-state index contributed by atoms with van der Waals surface area (Å²) in [4.78, 5) is -0.996. The first-order valence-electron chi connectivity index (χ1n) is 5.42. The average molecular weight is 278 g/mol. The van der Waals surface area contributed by atoms with Gasteiger partial charge in [-0.15, -0.1) is 0 Å². The van der Waals surface area contributed by atoms with E-state index in [2.05, 4.69) is 4.72 Å². The zero-order valence-electron chi connectivity index (χ0n) is 10.4. The lowest BCUT2D eigenvalue weighted by Crippen LogP contribution is -2.37. The number of nitrogens with one attached hydrogen (secondary N) is 1. The SMILES string of the molecule is CC(C)C(C)NS(=O)(=O)c1c(F)cc(N)cc1F. The number of nitrogen functional groups attached to an aromatic ring is 1. The van der Waals surface area contributed by atoms with Gasteiger partial charge in [-0.25, -0.2) is 21.9 Å². The third kappa shape index (κ3) is 3.17. The van der Waals surface area contributed by atoms with Crippen molar-refractivity contribution in [3.8, 4) is 0 Å². The Bertz CT molecular complexity index is 521. The Balaban J connectivity index is 3.21. The van der Waals surface area contributed by atoms with Gasteiger partial charge in [0.25, 0.3) is 0 Å². The molecule has 1 rings (SSSR count). The van der Waals surface area contributed by atoms with E-state index in [1.807, 2.05) is 0 Å². The molecule has 1 aromatic carbocycles. The molecule has 0 radical (unpaired) electrons. The first-order valence-corrected chi connectivity index (χ1v) is 6.90. The standard InChI is InChI=1S/C11H16F2N2O2S/c1-6(2)7(3)15-18(16,17)11-9(12)4-8(14)5-10(11)13/h4-7,15H,14H2,1-3H3. The average Bonchev–Trinajstić information content (AvgIpc) is 2.13. The fraction of sp³-hybridized carbons (Fsp3) is 0.455. The van der Waals surface area contributed by atoms with Gasteiger partial charge in [0.1, 0.15) is 11.6 Å². The molecular weight excluding hydrogens is 262 g/mol. The molecule has 4 nitrogen and oxygen atoms in total. The summed E-state index contributed by atoms with van der Waals surface area (Å²) in [5.74, 6) is -2.40. The molecule has 0 aromatic heterocycles. The first kappa shape index (κ1) is 14.8. The molecule has 18 heavy (non-hydrogen) atoms. The number of sulfonamides is 1. The van der Waals surface area contributed by atoms with E-state index in [1.165, 1.54) is 0 Å². The lowest BCUT2D eigenvalue weighted by atomic mass is 10.1. The van der Waals surface area contributed by atoms with E-state index in [0.29, 0.717) is 0 Å². The summed E-state index contributed by atoms with van der Waals surface area (Å²) in [6, 6.07) is 1.11. The highest BCUT2D eigenvalue weighted by Crippen LogP contribution is 2.22. The second kappa shape index (κ2) is 5.19. The molecule has 3 N–H and O–H groups in total. The van der Waals surface area contributed by atoms with Gasteiger partial charge >= 0.3 is 0 Å². The number of rotatable bonds is 4. The second-order valence-electron chi connectivity index (χ2n) is 4.47. The Morgan fingerprint density at radius 1 is 1.17 bits per heavy atom. The molecule has 102 valence electrons. The zero-order valence-corrected chi connectivity index (χ0v) is 11.2. The summed E-state index contributed by atoms with van der Waals surface area (Å²) < 4.78 is 53.0. The van der Waals surface area contributed by atoms with Crippen molar-refractivity contribution >= 4 is 15.7 Å². The van der Waals surface area contributed by atoms with Crippen LogP contribution in [0, 0.1) is 17.6 Å². The van der Waals surface area contributed by atoms with Crippen molar-refractivity contribution in [2.75, 3.05) is 5.73 Å². The van der Waals surface area contributed by atoms with Gasteiger partial charge in [0.05, 0.1) is 0 Å². The highest BCUT2D eigenvalue weighted by Gasteiger charge is 2.26. The third-order valence-electron chi connectivity index (χ3n) is 2.63. The number of hydrogen-bond donors (Lipinski definition) is 2. The maximum atomic E-state index is 13.5. The van der Waals surface area contributed by atoms with E-state index in [4.69, 9.17) is 5.73 Å². The van der Waals surface area contributed by atoms with Crippen LogP contribution < -0.4 is 10.5 Å². The third-order valence-corrected chi connectivity index (χ3v) is 4.24. The fourth-order valence-electron chi connectivity index (χ4n) is 1.28. The van der Waals surface area contributed by atoms with Crippen LogP contribution in [0.25, 0.3) is 0 Å². The van der Waals surface area contributed by atoms with Crippen LogP contribution in [-0.4, -0.2) is 14.5 Å². The van der Waals surface area contributed by atoms with E-state index < -0.39 is 32.6 Å². The number of anilines is 1. The molecule has 0 aliphatic heterocycles. The van der Waals surface area contributed by atoms with Crippen LogP contribution in [0.2, 0.25) is 0 Å². The van der Waals surface area contributed by atoms with Crippen LogP contribution in [0.1, 0.15) is 20.8 Å². The Morgan fingerprint density at radius 3 is 2.00 bits per heavy atom. The van der Waals surface area contributed by atoms with Gasteiger partial charge in [0.15, 0.2) is 4.90 Å². The van der Waals surface area contributed by atoms with Crippen LogP contribution in [0.5, 0.6) is 0 Å². The van der Waals surface area contributed by atoms with Gasteiger partial charge in [0, 0.05) is 11.7 Å². The van der Waals surface area contributed by atoms with Gasteiger partial charge < -0.3 is 5.73 Å². The molecule has 1 atom stereocenters. The summed E-state index contributed by atoms with van der Waals surface area (Å²) in [6.07, 6.45) is 0. The van der Waals surface area contributed by atoms with Gasteiger partial charge in [0.2, 0.25) is 10.0 Å². The molecule has 0 aliphatic carbocycles. The summed E-state index contributed by atoms with van der Waals surface area (Å²) in [5, 5.41) is 0. The largest absolute Gasteiger partial charge is 0.399 e. The lowest BCUT2D eigenvalue weighted by Gasteiger charge is -2.18. The molecule has 1 unspecified atom stereocenters. The van der Waals surface area contributed by atoms with Crippen molar-refractivity contribution in [3.05, 3.63) is 23.8 Å². The summed E-state index contributed by atoms with van der Waals surface area (Å²) >= 11 is 0. The summed E-state index contributed by atoms with van der Waals surface area (Å²) in [5.41, 5.74) is 5.06. The first-order chi connectivity index (χ1) is 8.15. The monoisotopic (exact) mass is 278 g/mol. The summed E-state index contributed by atoms with van der Waals surface area (Å²) in [6.45, 7) is 5.21. The van der Waals surface area contributed by atoms with Gasteiger partial charge in [-0.2, -0.15) is 0 Å². The van der Waals surface area contributed by atoms with E-state index in [-0.39, 0.29) is 11.6 Å². The number of benzene rings is 1. The van der Waals surface area contributed by atoms with E-state index in [9.17, 15) is 17.2 Å². The van der Waals surface area contributed by atoms with Crippen LogP contribution in [0.4, 0.5) is 14.5 Å². The number of halogens is 2. The van der Waals surface area contributed by atoms with Crippen molar-refractivity contribution in [3.63, 3.8) is 0 Å². The number of nitrogens with two attached hydrogens (primary N) is 1. The normalized spacial score (nSPS) is 13.9. The summed E-state index contributed by atoms with van der Waals surface area (Å²) in [7, 11) is -4.24. The molecule has 0 spiro atoms. The van der Waals surface area contributed by atoms with E-state index in [0.717, 1.165) is 12.1 Å². The number of hydrogen-bond acceptors (Lipinski definition) is 3. The molecular formula is C11H16F2N2O2S. The van der Waals surface area contributed by atoms with Crippen molar-refractivity contribution in [2.24, 2.45) is 5.92 Å². The predicted octanol–water partition coefficient (Wildman–Crippen LogP) is 1.87. The van der Waals surface area contributed by atoms with Crippen molar-refractivity contribution in [1.82, 2.24) is 4.72 Å². The minimum absolute atomic E-state index is 0.000297. The van der Waals surface area contributed by atoms with Crippen molar-refractivity contribution in [1.29, 1.82) is 0 Å². The molecule has 0 bridgehead atoms. The van der Waals surface area contributed by atoms with Gasteiger partial charge in [-0.1, -0.05) is 13.8 Å². The van der Waals surface area contributed by atoms with Crippen LogP contribution in [0.15, 0.2) is 17.0 Å². The van der Waals surface area contributed by atoms with Crippen molar-refractivity contribution in [2.45, 2.75) is 31.7 Å². The quantitative estimate of drug-likeness (QED) is 0.826. The minimum atomic E-state index is -4.24. The molecule has 0 saturated heterocycles. The van der Waals surface area contributed by atoms with Crippen molar-refractivity contribution < 1.29 is 17.2 Å². The minimum Gasteiger partial charge on any atom is -0.399 e.